The summed E-state index contributed by atoms with van der Waals surface area (Å²) in [6.45, 7) is 0. The number of carbonyl (C=O) groups is 1. The minimum atomic E-state index is -1.14. The molecule has 0 unspecified atom stereocenters. The summed E-state index contributed by atoms with van der Waals surface area (Å²) < 4.78 is 48.5. The van der Waals surface area contributed by atoms with Crippen LogP contribution in [0.1, 0.15) is 34.1 Å². The van der Waals surface area contributed by atoms with E-state index in [1.54, 1.807) is 6.07 Å². The van der Waals surface area contributed by atoms with E-state index in [0.717, 1.165) is 30.3 Å². The topological polar surface area (TPSA) is 92.5 Å². The van der Waals surface area contributed by atoms with Crippen LogP contribution in [0.25, 0.3) is 11.3 Å². The van der Waals surface area contributed by atoms with E-state index in [2.05, 4.69) is 9.97 Å². The number of aliphatic hydroxyl groups excluding tert-OH is 2. The number of nitrogens with zero attached hydrogens (tertiary/aromatic N) is 2. The van der Waals surface area contributed by atoms with Crippen molar-refractivity contribution in [1.29, 1.82) is 0 Å². The zero-order chi connectivity index (χ0) is 24.4. The van der Waals surface area contributed by atoms with Crippen molar-refractivity contribution in [2.75, 3.05) is 5.88 Å². The number of aromatic nitrogens is 2. The molecule has 4 rings (SSSR count). The molecule has 0 aliphatic carbocycles. The van der Waals surface area contributed by atoms with Gasteiger partial charge in [-0.25, -0.2) is 18.2 Å². The van der Waals surface area contributed by atoms with Crippen molar-refractivity contribution in [3.05, 3.63) is 83.1 Å². The number of hydrogen-bond donors (Lipinski definition) is 2. The van der Waals surface area contributed by atoms with E-state index in [4.69, 9.17) is 16.3 Å². The molecule has 0 radical (unpaired) electrons. The normalized spacial score (nSPS) is 22.5. The lowest BCUT2D eigenvalue weighted by Crippen LogP contribution is -2.46. The van der Waals surface area contributed by atoms with Gasteiger partial charge in [-0.3, -0.25) is 9.78 Å². The van der Waals surface area contributed by atoms with Crippen LogP contribution in [0.5, 0.6) is 0 Å². The number of rotatable bonds is 6. The van der Waals surface area contributed by atoms with Crippen LogP contribution in [0, 0.1) is 17.5 Å². The Morgan fingerprint density at radius 1 is 1.09 bits per heavy atom. The van der Waals surface area contributed by atoms with Crippen LogP contribution in [0.15, 0.2) is 48.8 Å². The van der Waals surface area contributed by atoms with Gasteiger partial charge in [0.2, 0.25) is 0 Å². The highest BCUT2D eigenvalue weighted by molar-refractivity contribution is 6.18. The molecule has 1 aliphatic rings. The van der Waals surface area contributed by atoms with Gasteiger partial charge in [-0.15, -0.1) is 11.6 Å². The highest BCUT2D eigenvalue weighted by Gasteiger charge is 2.37. The number of halogens is 4. The number of ketones is 1. The first-order chi connectivity index (χ1) is 16.3. The third-order valence-electron chi connectivity index (χ3n) is 5.69. The van der Waals surface area contributed by atoms with Crippen molar-refractivity contribution < 1.29 is 32.9 Å². The highest BCUT2D eigenvalue weighted by Crippen LogP contribution is 2.34. The molecule has 0 saturated carbocycles. The van der Waals surface area contributed by atoms with Crippen molar-refractivity contribution >= 4 is 17.4 Å². The molecule has 1 saturated heterocycles. The lowest BCUT2D eigenvalue weighted by atomic mass is 9.91. The fourth-order valence-electron chi connectivity index (χ4n) is 3.94. The second-order valence-corrected chi connectivity index (χ2v) is 8.22. The Morgan fingerprint density at radius 2 is 1.82 bits per heavy atom. The van der Waals surface area contributed by atoms with Gasteiger partial charge in [-0.1, -0.05) is 6.07 Å². The van der Waals surface area contributed by atoms with Crippen molar-refractivity contribution in [2.24, 2.45) is 0 Å². The average Bonchev–Trinajstić information content (AvgIpc) is 2.82. The summed E-state index contributed by atoms with van der Waals surface area (Å²) in [5, 5.41) is 20.2. The SMILES string of the molecule is O=C(Cc1cnccc1[C@H]1C[C@@H](O)[C@H](O)[C@@H](CCl)O1)c1ccc(F)c(-c2c(F)cccc2F)n1. The number of aliphatic hydroxyl groups is 2. The zero-order valence-electron chi connectivity index (χ0n) is 17.7. The minimum absolute atomic E-state index is 0.0387. The summed E-state index contributed by atoms with van der Waals surface area (Å²) in [6, 6.07) is 6.78. The summed E-state index contributed by atoms with van der Waals surface area (Å²) in [6.07, 6.45) is -0.866. The standard InChI is InChI=1S/C24H20ClF3N2O4/c25-10-21-24(33)19(32)9-20(34-21)13-6-7-29-11-12(13)8-18(31)17-5-4-16(28)23(30-17)22-14(26)2-1-3-15(22)27/h1-7,11,19-21,24,32-33H,8-10H2/t19-,20-,21-,24+/m1/s1. The van der Waals surface area contributed by atoms with Crippen LogP contribution in [-0.2, 0) is 11.2 Å². The fourth-order valence-corrected chi connectivity index (χ4v) is 4.20. The van der Waals surface area contributed by atoms with Gasteiger partial charge in [0.25, 0.3) is 0 Å². The first kappa shape index (κ1) is 24.3. The third kappa shape index (κ3) is 4.83. The Balaban J connectivity index is 1.63. The predicted molar refractivity (Wildman–Crippen MR) is 117 cm³/mol. The average molecular weight is 493 g/mol. The van der Waals surface area contributed by atoms with Crippen molar-refractivity contribution in [2.45, 2.75) is 37.3 Å². The van der Waals surface area contributed by atoms with Gasteiger partial charge >= 0.3 is 0 Å². The van der Waals surface area contributed by atoms with Crippen LogP contribution in [0.4, 0.5) is 13.2 Å². The number of ether oxygens (including phenoxy) is 1. The number of carbonyl (C=O) groups excluding carboxylic acids is 1. The Bertz CT molecular complexity index is 1190. The first-order valence-electron chi connectivity index (χ1n) is 10.4. The van der Waals surface area contributed by atoms with Crippen LogP contribution < -0.4 is 0 Å². The van der Waals surface area contributed by atoms with Crippen molar-refractivity contribution in [1.82, 2.24) is 9.97 Å². The molecule has 34 heavy (non-hydrogen) atoms. The molecule has 10 heteroatoms. The monoisotopic (exact) mass is 492 g/mol. The summed E-state index contributed by atoms with van der Waals surface area (Å²) in [5.74, 6) is -3.57. The van der Waals surface area contributed by atoms with E-state index in [1.165, 1.54) is 12.4 Å². The maximum absolute atomic E-state index is 14.4. The molecule has 178 valence electrons. The molecular weight excluding hydrogens is 473 g/mol. The van der Waals surface area contributed by atoms with Crippen LogP contribution in [0.2, 0.25) is 0 Å². The second-order valence-electron chi connectivity index (χ2n) is 7.91. The Kier molecular flexibility index (Phi) is 7.27. The molecule has 4 atom stereocenters. The number of alkyl halides is 1. The zero-order valence-corrected chi connectivity index (χ0v) is 18.4. The van der Waals surface area contributed by atoms with Gasteiger partial charge in [-0.05, 0) is 41.5 Å². The van der Waals surface area contributed by atoms with E-state index >= 15 is 0 Å². The molecule has 3 aromatic rings. The molecule has 1 aromatic carbocycles. The first-order valence-corrected chi connectivity index (χ1v) is 11.0. The van der Waals surface area contributed by atoms with Crippen molar-refractivity contribution in [3.63, 3.8) is 0 Å². The summed E-state index contributed by atoms with van der Waals surface area (Å²) in [4.78, 5) is 20.9. The Hall–Kier alpha value is -2.85. The largest absolute Gasteiger partial charge is 0.390 e. The van der Waals surface area contributed by atoms with Gasteiger partial charge < -0.3 is 14.9 Å². The summed E-state index contributed by atoms with van der Waals surface area (Å²) >= 11 is 5.84. The van der Waals surface area contributed by atoms with E-state index < -0.39 is 58.9 Å². The maximum Gasteiger partial charge on any atom is 0.185 e. The van der Waals surface area contributed by atoms with E-state index in [0.29, 0.717) is 11.1 Å². The van der Waals surface area contributed by atoms with Gasteiger partial charge in [0, 0.05) is 25.2 Å². The lowest BCUT2D eigenvalue weighted by Gasteiger charge is -2.37. The summed E-state index contributed by atoms with van der Waals surface area (Å²) in [7, 11) is 0. The molecule has 0 amide bonds. The third-order valence-corrected chi connectivity index (χ3v) is 6.00. The van der Waals surface area contributed by atoms with Gasteiger partial charge in [0.1, 0.15) is 41.0 Å². The molecule has 0 spiro atoms. The minimum Gasteiger partial charge on any atom is -0.390 e. The van der Waals surface area contributed by atoms with Gasteiger partial charge in [-0.2, -0.15) is 0 Å². The fraction of sp³-hybridized carbons (Fsp3) is 0.292. The maximum atomic E-state index is 14.4. The Morgan fingerprint density at radius 3 is 2.53 bits per heavy atom. The van der Waals surface area contributed by atoms with E-state index in [1.807, 2.05) is 0 Å². The number of Topliss-reactive ketones (excluding diaryl/α,β-unsaturated/α-hetero) is 1. The molecule has 0 bridgehead atoms. The molecular formula is C24H20ClF3N2O4. The number of hydrogen-bond acceptors (Lipinski definition) is 6. The lowest BCUT2D eigenvalue weighted by molar-refractivity contribution is -0.162. The van der Waals surface area contributed by atoms with Gasteiger partial charge in [0.05, 0.1) is 23.7 Å². The quantitative estimate of drug-likeness (QED) is 0.402. The molecule has 2 aromatic heterocycles. The van der Waals surface area contributed by atoms with Crippen LogP contribution >= 0.6 is 11.6 Å². The smallest absolute Gasteiger partial charge is 0.185 e. The predicted octanol–water partition coefficient (Wildman–Crippen LogP) is 3.78. The molecule has 2 N–H and O–H groups in total. The number of pyridine rings is 2. The van der Waals surface area contributed by atoms with Crippen LogP contribution in [0.3, 0.4) is 0 Å². The molecule has 3 heterocycles. The highest BCUT2D eigenvalue weighted by atomic mass is 35.5. The summed E-state index contributed by atoms with van der Waals surface area (Å²) in [5.41, 5.74) is -0.434. The van der Waals surface area contributed by atoms with Crippen LogP contribution in [-0.4, -0.2) is 50.2 Å². The molecule has 6 nitrogen and oxygen atoms in total. The van der Waals surface area contributed by atoms with E-state index in [9.17, 15) is 28.2 Å². The van der Waals surface area contributed by atoms with Gasteiger partial charge in [0.15, 0.2) is 5.78 Å². The van der Waals surface area contributed by atoms with E-state index in [-0.39, 0.29) is 24.4 Å². The second kappa shape index (κ2) is 10.2. The number of benzene rings is 1. The molecule has 1 aliphatic heterocycles. The Labute approximate surface area is 198 Å². The molecule has 1 fully saturated rings. The van der Waals surface area contributed by atoms with Crippen molar-refractivity contribution in [3.8, 4) is 11.3 Å².